The van der Waals surface area contributed by atoms with E-state index in [1.54, 1.807) is 0 Å². The van der Waals surface area contributed by atoms with Crippen molar-refractivity contribution in [1.29, 1.82) is 0 Å². The van der Waals surface area contributed by atoms with E-state index in [4.69, 9.17) is 0 Å². The van der Waals surface area contributed by atoms with Crippen molar-refractivity contribution in [2.45, 2.75) is 37.7 Å². The van der Waals surface area contributed by atoms with Gasteiger partial charge in [-0.25, -0.2) is 8.78 Å². The maximum atomic E-state index is 13.1. The second-order valence-electron chi connectivity index (χ2n) is 6.06. The molecule has 0 heterocycles. The molecule has 1 aliphatic carbocycles. The smallest absolute Gasteiger partial charge is 0.243 e. The molecule has 5 nitrogen and oxygen atoms in total. The summed E-state index contributed by atoms with van der Waals surface area (Å²) in [6.45, 7) is -0.257. The Morgan fingerprint density at radius 3 is 2.35 bits per heavy atom. The molecule has 1 aliphatic rings. The summed E-state index contributed by atoms with van der Waals surface area (Å²) in [5, 5.41) is 12.5. The number of aliphatic hydroxyl groups is 1. The quantitative estimate of drug-likeness (QED) is 0.870. The van der Waals surface area contributed by atoms with Crippen LogP contribution in [-0.2, 0) is 9.59 Å². The van der Waals surface area contributed by atoms with Crippen LogP contribution in [0.3, 0.4) is 0 Å². The van der Waals surface area contributed by atoms with Gasteiger partial charge in [0, 0.05) is 18.8 Å². The molecule has 126 valence electrons. The van der Waals surface area contributed by atoms with Crippen molar-refractivity contribution in [3.63, 3.8) is 0 Å². The Morgan fingerprint density at radius 2 is 1.78 bits per heavy atom. The second-order valence-corrected chi connectivity index (χ2v) is 6.06. The zero-order valence-corrected chi connectivity index (χ0v) is 12.9. The van der Waals surface area contributed by atoms with Gasteiger partial charge in [0.05, 0.1) is 18.6 Å². The third-order valence-corrected chi connectivity index (χ3v) is 3.97. The Hall–Kier alpha value is -2.02. The Labute approximate surface area is 133 Å². The number of anilines is 1. The van der Waals surface area contributed by atoms with Crippen molar-refractivity contribution in [3.8, 4) is 0 Å². The van der Waals surface area contributed by atoms with Crippen LogP contribution in [0.15, 0.2) is 18.2 Å². The number of likely N-dealkylation sites (N-methyl/N-ethyl adjacent to an activating group) is 1. The molecule has 7 heteroatoms. The van der Waals surface area contributed by atoms with E-state index in [9.17, 15) is 23.5 Å². The molecule has 0 radical (unpaired) electrons. The van der Waals surface area contributed by atoms with Crippen LogP contribution in [0, 0.1) is 11.6 Å². The number of hydrogen-bond acceptors (Lipinski definition) is 3. The van der Waals surface area contributed by atoms with Crippen LogP contribution in [0.4, 0.5) is 14.5 Å². The van der Waals surface area contributed by atoms with E-state index in [1.807, 2.05) is 0 Å². The number of halogens is 2. The molecule has 1 aromatic carbocycles. The fourth-order valence-corrected chi connectivity index (χ4v) is 2.76. The predicted molar refractivity (Wildman–Crippen MR) is 80.7 cm³/mol. The van der Waals surface area contributed by atoms with E-state index in [2.05, 4.69) is 5.32 Å². The second kappa shape index (κ2) is 7.04. The number of rotatable bonds is 5. The van der Waals surface area contributed by atoms with Crippen LogP contribution in [0.5, 0.6) is 0 Å². The normalized spacial score (nSPS) is 16.2. The fourth-order valence-electron chi connectivity index (χ4n) is 2.76. The van der Waals surface area contributed by atoms with E-state index in [-0.39, 0.29) is 24.6 Å². The van der Waals surface area contributed by atoms with Gasteiger partial charge in [0.25, 0.3) is 0 Å². The van der Waals surface area contributed by atoms with Crippen LogP contribution >= 0.6 is 0 Å². The van der Waals surface area contributed by atoms with Crippen molar-refractivity contribution in [1.82, 2.24) is 4.90 Å². The summed E-state index contributed by atoms with van der Waals surface area (Å²) in [7, 11) is 1.45. The highest BCUT2D eigenvalue weighted by atomic mass is 19.1. The lowest BCUT2D eigenvalue weighted by Crippen LogP contribution is -2.39. The predicted octanol–water partition coefficient (Wildman–Crippen LogP) is 2.06. The van der Waals surface area contributed by atoms with E-state index in [1.165, 1.54) is 11.9 Å². The van der Waals surface area contributed by atoms with Crippen LogP contribution in [-0.4, -0.2) is 41.0 Å². The molecular formula is C16H20F2N2O3. The van der Waals surface area contributed by atoms with Gasteiger partial charge in [-0.3, -0.25) is 9.59 Å². The number of carbonyl (C=O) groups is 2. The highest BCUT2D eigenvalue weighted by Gasteiger charge is 2.34. The topological polar surface area (TPSA) is 69.6 Å². The molecule has 0 unspecified atom stereocenters. The Bertz CT molecular complexity index is 581. The van der Waals surface area contributed by atoms with E-state index >= 15 is 0 Å². The van der Waals surface area contributed by atoms with Gasteiger partial charge in [-0.1, -0.05) is 12.8 Å². The first kappa shape index (κ1) is 17.3. The fraction of sp³-hybridized carbons (Fsp3) is 0.500. The molecule has 23 heavy (non-hydrogen) atoms. The first-order valence-corrected chi connectivity index (χ1v) is 7.50. The van der Waals surface area contributed by atoms with Gasteiger partial charge in [-0.2, -0.15) is 0 Å². The van der Waals surface area contributed by atoms with Crippen LogP contribution in [0.2, 0.25) is 0 Å². The van der Waals surface area contributed by atoms with Gasteiger partial charge >= 0.3 is 0 Å². The Morgan fingerprint density at radius 1 is 1.22 bits per heavy atom. The van der Waals surface area contributed by atoms with Crippen molar-refractivity contribution in [2.75, 3.05) is 18.9 Å². The number of carbonyl (C=O) groups excluding carboxylic acids is 2. The van der Waals surface area contributed by atoms with Crippen LogP contribution < -0.4 is 5.32 Å². The molecule has 1 saturated carbocycles. The van der Waals surface area contributed by atoms with Gasteiger partial charge in [-0.15, -0.1) is 0 Å². The lowest BCUT2D eigenvalue weighted by Gasteiger charge is -2.25. The third kappa shape index (κ3) is 4.99. The minimum Gasteiger partial charge on any atom is -0.389 e. The molecule has 2 N–H and O–H groups in total. The summed E-state index contributed by atoms with van der Waals surface area (Å²) in [5.41, 5.74) is -0.990. The average Bonchev–Trinajstić information content (AvgIpc) is 2.83. The Kier molecular flexibility index (Phi) is 5.30. The van der Waals surface area contributed by atoms with Crippen molar-refractivity contribution < 1.29 is 23.5 Å². The lowest BCUT2D eigenvalue weighted by atomic mass is 9.97. The van der Waals surface area contributed by atoms with E-state index < -0.39 is 23.1 Å². The van der Waals surface area contributed by atoms with Gasteiger partial charge in [0.2, 0.25) is 11.8 Å². The number of benzene rings is 1. The average molecular weight is 326 g/mol. The Balaban J connectivity index is 1.87. The van der Waals surface area contributed by atoms with Gasteiger partial charge in [0.1, 0.15) is 11.6 Å². The van der Waals surface area contributed by atoms with Crippen molar-refractivity contribution in [2.24, 2.45) is 0 Å². The first-order valence-electron chi connectivity index (χ1n) is 7.50. The molecule has 0 spiro atoms. The maximum absolute atomic E-state index is 13.1. The number of amides is 2. The van der Waals surface area contributed by atoms with Crippen LogP contribution in [0.25, 0.3) is 0 Å². The number of nitrogens with one attached hydrogen (secondary N) is 1. The molecule has 2 rings (SSSR count). The summed E-state index contributed by atoms with van der Waals surface area (Å²) in [4.78, 5) is 25.1. The molecular weight excluding hydrogens is 306 g/mol. The van der Waals surface area contributed by atoms with Gasteiger partial charge in [0.15, 0.2) is 0 Å². The maximum Gasteiger partial charge on any atom is 0.243 e. The zero-order valence-electron chi connectivity index (χ0n) is 12.9. The summed E-state index contributed by atoms with van der Waals surface area (Å²) in [6, 6.07) is 2.68. The largest absolute Gasteiger partial charge is 0.389 e. The van der Waals surface area contributed by atoms with Gasteiger partial charge in [-0.05, 0) is 25.0 Å². The highest BCUT2D eigenvalue weighted by molar-refractivity contribution is 5.94. The number of nitrogens with zero attached hydrogens (tertiary/aromatic N) is 1. The van der Waals surface area contributed by atoms with E-state index in [0.717, 1.165) is 25.0 Å². The standard InChI is InChI=1S/C16H20F2N2O3/c1-20(15(22)9-16(23)4-2-3-5-16)10-14(21)19-13-7-11(17)6-12(18)8-13/h6-8,23H,2-5,9-10H2,1H3,(H,19,21). The first-order chi connectivity index (χ1) is 10.8. The minimum absolute atomic E-state index is 0.0113. The molecule has 0 bridgehead atoms. The highest BCUT2D eigenvalue weighted by Crippen LogP contribution is 2.32. The minimum atomic E-state index is -0.979. The lowest BCUT2D eigenvalue weighted by molar-refractivity contribution is -0.137. The molecule has 1 fully saturated rings. The van der Waals surface area contributed by atoms with Gasteiger partial charge < -0.3 is 15.3 Å². The summed E-state index contributed by atoms with van der Waals surface area (Å²) >= 11 is 0. The summed E-state index contributed by atoms with van der Waals surface area (Å²) in [6.07, 6.45) is 2.92. The third-order valence-electron chi connectivity index (χ3n) is 3.97. The summed E-state index contributed by atoms with van der Waals surface area (Å²) < 4.78 is 26.1. The summed E-state index contributed by atoms with van der Waals surface area (Å²) in [5.74, 6) is -2.50. The van der Waals surface area contributed by atoms with E-state index in [0.29, 0.717) is 18.9 Å². The zero-order chi connectivity index (χ0) is 17.0. The van der Waals surface area contributed by atoms with Crippen LogP contribution in [0.1, 0.15) is 32.1 Å². The molecule has 0 aromatic heterocycles. The molecule has 2 amide bonds. The van der Waals surface area contributed by atoms with Crippen molar-refractivity contribution in [3.05, 3.63) is 29.8 Å². The number of hydrogen-bond donors (Lipinski definition) is 2. The van der Waals surface area contributed by atoms with Crippen molar-refractivity contribution >= 4 is 17.5 Å². The molecule has 0 saturated heterocycles. The SMILES string of the molecule is CN(CC(=O)Nc1cc(F)cc(F)c1)C(=O)CC1(O)CCCC1. The monoisotopic (exact) mass is 326 g/mol. The molecule has 1 aromatic rings. The molecule has 0 atom stereocenters. The molecule has 0 aliphatic heterocycles.